The van der Waals surface area contributed by atoms with Crippen LogP contribution in [0.4, 0.5) is 14.5 Å². The number of hydrogen-bond acceptors (Lipinski definition) is 2. The fourth-order valence-electron chi connectivity index (χ4n) is 3.17. The largest absolute Gasteiger partial charge is 0.368 e. The number of carbonyl (C=O) groups excluding carboxylic acids is 1. The highest BCUT2D eigenvalue weighted by Gasteiger charge is 2.26. The van der Waals surface area contributed by atoms with Crippen molar-refractivity contribution >= 4 is 11.6 Å². The summed E-state index contributed by atoms with van der Waals surface area (Å²) in [6.07, 6.45) is 0. The van der Waals surface area contributed by atoms with Gasteiger partial charge < -0.3 is 9.80 Å². The Morgan fingerprint density at radius 3 is 2.17 bits per heavy atom. The molecule has 0 aromatic heterocycles. The minimum atomic E-state index is -0.809. The van der Waals surface area contributed by atoms with Crippen molar-refractivity contribution in [2.45, 2.75) is 13.8 Å². The van der Waals surface area contributed by atoms with Gasteiger partial charge in [0.15, 0.2) is 0 Å². The molecule has 0 bridgehead atoms. The van der Waals surface area contributed by atoms with Crippen molar-refractivity contribution < 1.29 is 13.6 Å². The van der Waals surface area contributed by atoms with Crippen molar-refractivity contribution in [2.75, 3.05) is 31.1 Å². The fourth-order valence-corrected chi connectivity index (χ4v) is 3.17. The number of carbonyl (C=O) groups is 1. The molecule has 0 aliphatic carbocycles. The predicted octanol–water partition coefficient (Wildman–Crippen LogP) is 3.54. The number of anilines is 1. The van der Waals surface area contributed by atoms with Gasteiger partial charge in [-0.1, -0.05) is 23.8 Å². The van der Waals surface area contributed by atoms with Gasteiger partial charge in [0.1, 0.15) is 17.2 Å². The summed E-state index contributed by atoms with van der Waals surface area (Å²) in [5.74, 6) is -2.19. The summed E-state index contributed by atoms with van der Waals surface area (Å²) < 4.78 is 27.6. The number of benzene rings is 2. The molecule has 24 heavy (non-hydrogen) atoms. The maximum Gasteiger partial charge on any atom is 0.259 e. The first-order valence-corrected chi connectivity index (χ1v) is 8.03. The van der Waals surface area contributed by atoms with Crippen LogP contribution in [0.3, 0.4) is 0 Å². The smallest absolute Gasteiger partial charge is 0.259 e. The van der Waals surface area contributed by atoms with E-state index in [-0.39, 0.29) is 0 Å². The molecule has 0 atom stereocenters. The number of nitrogens with zero attached hydrogens (tertiary/aromatic N) is 2. The van der Waals surface area contributed by atoms with Crippen molar-refractivity contribution in [3.63, 3.8) is 0 Å². The molecule has 3 nitrogen and oxygen atoms in total. The number of hydrogen-bond donors (Lipinski definition) is 0. The number of rotatable bonds is 2. The van der Waals surface area contributed by atoms with E-state index in [4.69, 9.17) is 0 Å². The van der Waals surface area contributed by atoms with E-state index < -0.39 is 23.1 Å². The van der Waals surface area contributed by atoms with Crippen LogP contribution < -0.4 is 4.90 Å². The number of halogens is 2. The van der Waals surface area contributed by atoms with E-state index in [2.05, 4.69) is 36.9 Å². The Labute approximate surface area is 140 Å². The monoisotopic (exact) mass is 330 g/mol. The van der Waals surface area contributed by atoms with E-state index in [0.29, 0.717) is 26.2 Å². The number of piperazine rings is 1. The van der Waals surface area contributed by atoms with Gasteiger partial charge >= 0.3 is 0 Å². The molecular weight excluding hydrogens is 310 g/mol. The lowest BCUT2D eigenvalue weighted by atomic mass is 10.1. The summed E-state index contributed by atoms with van der Waals surface area (Å²) in [6, 6.07) is 9.76. The van der Waals surface area contributed by atoms with E-state index in [9.17, 15) is 13.6 Å². The average molecular weight is 330 g/mol. The van der Waals surface area contributed by atoms with Crippen LogP contribution in [-0.4, -0.2) is 37.0 Å². The molecule has 1 saturated heterocycles. The van der Waals surface area contributed by atoms with Crippen LogP contribution in [0.25, 0.3) is 0 Å². The molecule has 1 fully saturated rings. The van der Waals surface area contributed by atoms with E-state index >= 15 is 0 Å². The zero-order valence-corrected chi connectivity index (χ0v) is 13.9. The predicted molar refractivity (Wildman–Crippen MR) is 90.4 cm³/mol. The summed E-state index contributed by atoms with van der Waals surface area (Å²) in [4.78, 5) is 16.1. The topological polar surface area (TPSA) is 23.6 Å². The second-order valence-corrected chi connectivity index (χ2v) is 6.17. The Morgan fingerprint density at radius 1 is 0.958 bits per heavy atom. The lowest BCUT2D eigenvalue weighted by Gasteiger charge is -2.37. The lowest BCUT2D eigenvalue weighted by molar-refractivity contribution is 0.0737. The van der Waals surface area contributed by atoms with Crippen LogP contribution in [0.5, 0.6) is 0 Å². The third kappa shape index (κ3) is 3.11. The second-order valence-electron chi connectivity index (χ2n) is 6.17. The van der Waals surface area contributed by atoms with Gasteiger partial charge in [-0.15, -0.1) is 0 Å². The molecule has 1 aliphatic heterocycles. The summed E-state index contributed by atoms with van der Waals surface area (Å²) >= 11 is 0. The fraction of sp³-hybridized carbons (Fsp3) is 0.316. The van der Waals surface area contributed by atoms with Crippen molar-refractivity contribution in [3.05, 3.63) is 64.7 Å². The third-order valence-corrected chi connectivity index (χ3v) is 4.44. The first kappa shape index (κ1) is 16.4. The highest BCUT2D eigenvalue weighted by Crippen LogP contribution is 2.23. The van der Waals surface area contributed by atoms with Crippen molar-refractivity contribution in [2.24, 2.45) is 0 Å². The van der Waals surface area contributed by atoms with Gasteiger partial charge in [-0.25, -0.2) is 8.78 Å². The molecule has 1 aliphatic rings. The van der Waals surface area contributed by atoms with E-state index in [1.54, 1.807) is 0 Å². The minimum Gasteiger partial charge on any atom is -0.368 e. The Bertz CT molecular complexity index is 748. The molecule has 1 heterocycles. The molecule has 0 saturated carbocycles. The molecule has 0 radical (unpaired) electrons. The van der Waals surface area contributed by atoms with Gasteiger partial charge in [-0.2, -0.15) is 0 Å². The molecule has 2 aromatic rings. The molecule has 0 N–H and O–H groups in total. The van der Waals surface area contributed by atoms with Gasteiger partial charge in [0.25, 0.3) is 5.91 Å². The first-order chi connectivity index (χ1) is 11.5. The van der Waals surface area contributed by atoms with E-state index in [1.165, 1.54) is 22.1 Å². The third-order valence-electron chi connectivity index (χ3n) is 4.44. The SMILES string of the molecule is Cc1ccc(N2CCN(C(=O)c3c(F)cccc3F)CC2)c(C)c1. The average Bonchev–Trinajstić information content (AvgIpc) is 2.55. The summed E-state index contributed by atoms with van der Waals surface area (Å²) in [5, 5.41) is 0. The van der Waals surface area contributed by atoms with E-state index in [1.807, 2.05) is 0 Å². The Hall–Kier alpha value is -2.43. The molecule has 126 valence electrons. The van der Waals surface area contributed by atoms with Crippen molar-refractivity contribution in [3.8, 4) is 0 Å². The molecule has 0 unspecified atom stereocenters. The van der Waals surface area contributed by atoms with Crippen molar-refractivity contribution in [1.82, 2.24) is 4.90 Å². The Kier molecular flexibility index (Phi) is 4.51. The van der Waals surface area contributed by atoms with Gasteiger partial charge in [0, 0.05) is 31.9 Å². The summed E-state index contributed by atoms with van der Waals surface area (Å²) in [7, 11) is 0. The molecule has 3 rings (SSSR count). The van der Waals surface area contributed by atoms with Crippen LogP contribution >= 0.6 is 0 Å². The molecule has 1 amide bonds. The Balaban J connectivity index is 1.72. The normalized spacial score (nSPS) is 14.8. The molecule has 2 aromatic carbocycles. The Morgan fingerprint density at radius 2 is 1.58 bits per heavy atom. The maximum absolute atomic E-state index is 13.8. The number of aryl methyl sites for hydroxylation is 2. The molecule has 0 spiro atoms. The van der Waals surface area contributed by atoms with Crippen LogP contribution in [-0.2, 0) is 0 Å². The van der Waals surface area contributed by atoms with Crippen LogP contribution in [0.15, 0.2) is 36.4 Å². The van der Waals surface area contributed by atoms with Crippen LogP contribution in [0.1, 0.15) is 21.5 Å². The highest BCUT2D eigenvalue weighted by atomic mass is 19.1. The molecular formula is C19H20F2N2O. The quantitative estimate of drug-likeness (QED) is 0.841. The van der Waals surface area contributed by atoms with Gasteiger partial charge in [-0.3, -0.25) is 4.79 Å². The van der Waals surface area contributed by atoms with Gasteiger partial charge in [-0.05, 0) is 37.6 Å². The van der Waals surface area contributed by atoms with Crippen molar-refractivity contribution in [1.29, 1.82) is 0 Å². The standard InChI is InChI=1S/C19H20F2N2O/c1-13-6-7-17(14(2)12-13)22-8-10-23(11-9-22)19(24)18-15(20)4-3-5-16(18)21/h3-7,12H,8-11H2,1-2H3. The first-order valence-electron chi connectivity index (χ1n) is 8.03. The summed E-state index contributed by atoms with van der Waals surface area (Å²) in [5.41, 5.74) is 3.08. The van der Waals surface area contributed by atoms with Crippen LogP contribution in [0, 0.1) is 25.5 Å². The second kappa shape index (κ2) is 6.59. The number of amides is 1. The lowest BCUT2D eigenvalue weighted by Crippen LogP contribution is -2.49. The highest BCUT2D eigenvalue weighted by molar-refractivity contribution is 5.95. The molecule has 5 heteroatoms. The maximum atomic E-state index is 13.8. The summed E-state index contributed by atoms with van der Waals surface area (Å²) in [6.45, 7) is 6.29. The zero-order chi connectivity index (χ0) is 17.3. The van der Waals surface area contributed by atoms with Gasteiger partial charge in [0.2, 0.25) is 0 Å². The van der Waals surface area contributed by atoms with Gasteiger partial charge in [0.05, 0.1) is 0 Å². The zero-order valence-electron chi connectivity index (χ0n) is 13.9. The minimum absolute atomic E-state index is 0.444. The van der Waals surface area contributed by atoms with Crippen LogP contribution in [0.2, 0.25) is 0 Å². The van der Waals surface area contributed by atoms with E-state index in [0.717, 1.165) is 17.8 Å².